The minimum Gasteiger partial charge on any atom is -0.434 e. The molecule has 0 unspecified atom stereocenters. The summed E-state index contributed by atoms with van der Waals surface area (Å²) in [4.78, 5) is 15.6. The van der Waals surface area contributed by atoms with Crippen LogP contribution >= 0.6 is 24.0 Å². The van der Waals surface area contributed by atoms with E-state index in [2.05, 4.69) is 25.7 Å². The highest BCUT2D eigenvalue weighted by Gasteiger charge is 2.10. The molecule has 0 fully saturated rings. The van der Waals surface area contributed by atoms with E-state index >= 15 is 0 Å². The summed E-state index contributed by atoms with van der Waals surface area (Å²) in [6.45, 7) is 2.33. The van der Waals surface area contributed by atoms with E-state index in [-0.39, 0.29) is 42.2 Å². The van der Waals surface area contributed by atoms with Gasteiger partial charge in [-0.1, -0.05) is 24.6 Å². The first-order valence-electron chi connectivity index (χ1n) is 8.21. The van der Waals surface area contributed by atoms with Crippen LogP contribution in [0.2, 0.25) is 0 Å². The molecule has 1 rings (SSSR count). The maximum absolute atomic E-state index is 12.5. The second-order valence-electron chi connectivity index (χ2n) is 5.44. The molecule has 26 heavy (non-hydrogen) atoms. The van der Waals surface area contributed by atoms with Crippen molar-refractivity contribution in [3.05, 3.63) is 29.3 Å². The Bertz CT molecular complexity index is 586. The second kappa shape index (κ2) is 13.5. The highest BCUT2D eigenvalue weighted by atomic mass is 127. The normalized spacial score (nSPS) is 10.9. The van der Waals surface area contributed by atoms with Gasteiger partial charge in [0.05, 0.1) is 0 Å². The second-order valence-corrected chi connectivity index (χ2v) is 5.44. The zero-order valence-electron chi connectivity index (χ0n) is 15.3. The molecule has 148 valence electrons. The van der Waals surface area contributed by atoms with Crippen molar-refractivity contribution in [2.75, 3.05) is 20.1 Å². The van der Waals surface area contributed by atoms with Gasteiger partial charge < -0.3 is 20.7 Å². The average molecular weight is 484 g/mol. The number of guanidine groups is 1. The van der Waals surface area contributed by atoms with E-state index in [9.17, 15) is 13.6 Å². The van der Waals surface area contributed by atoms with Crippen molar-refractivity contribution in [3.63, 3.8) is 0 Å². The first-order chi connectivity index (χ1) is 12.0. The van der Waals surface area contributed by atoms with Gasteiger partial charge in [-0.05, 0) is 19.4 Å². The Hall–Kier alpha value is -1.65. The van der Waals surface area contributed by atoms with Crippen LogP contribution in [0.15, 0.2) is 23.2 Å². The molecular formula is C17H27F2IN4O2. The number of carbonyl (C=O) groups excluding carboxylic acids is 1. The lowest BCUT2D eigenvalue weighted by Gasteiger charge is -2.15. The minimum atomic E-state index is -2.87. The van der Waals surface area contributed by atoms with E-state index in [4.69, 9.17) is 0 Å². The van der Waals surface area contributed by atoms with Crippen molar-refractivity contribution in [2.45, 2.75) is 39.8 Å². The largest absolute Gasteiger partial charge is 0.434 e. The summed E-state index contributed by atoms with van der Waals surface area (Å²) < 4.78 is 29.5. The third kappa shape index (κ3) is 9.73. The van der Waals surface area contributed by atoms with Crippen LogP contribution in [-0.4, -0.2) is 38.6 Å². The number of hydrogen-bond donors (Lipinski definition) is 3. The molecule has 3 N–H and O–H groups in total. The smallest absolute Gasteiger partial charge is 0.387 e. The third-order valence-corrected chi connectivity index (χ3v) is 3.32. The topological polar surface area (TPSA) is 74.8 Å². The van der Waals surface area contributed by atoms with Crippen molar-refractivity contribution in [1.29, 1.82) is 0 Å². The summed E-state index contributed by atoms with van der Waals surface area (Å²) in [6, 6.07) is 5.01. The molecule has 1 aromatic carbocycles. The number of aryl methyl sites for hydroxylation is 1. The molecular weight excluding hydrogens is 457 g/mol. The van der Waals surface area contributed by atoms with Crippen molar-refractivity contribution in [2.24, 2.45) is 4.99 Å². The van der Waals surface area contributed by atoms with Gasteiger partial charge in [-0.25, -0.2) is 0 Å². The number of aliphatic imine (C=N–C) groups is 1. The highest BCUT2D eigenvalue weighted by molar-refractivity contribution is 14.0. The van der Waals surface area contributed by atoms with Crippen molar-refractivity contribution in [3.8, 4) is 5.75 Å². The van der Waals surface area contributed by atoms with Crippen LogP contribution < -0.4 is 20.7 Å². The van der Waals surface area contributed by atoms with E-state index in [1.165, 1.54) is 6.07 Å². The Labute approximate surface area is 170 Å². The molecule has 0 radical (unpaired) electrons. The molecule has 0 saturated carbocycles. The molecule has 0 atom stereocenters. The van der Waals surface area contributed by atoms with Crippen LogP contribution in [0.4, 0.5) is 8.78 Å². The number of carbonyl (C=O) groups is 1. The highest BCUT2D eigenvalue weighted by Crippen LogP contribution is 2.21. The van der Waals surface area contributed by atoms with Gasteiger partial charge in [-0.2, -0.15) is 8.78 Å². The van der Waals surface area contributed by atoms with Crippen molar-refractivity contribution < 1.29 is 18.3 Å². The predicted octanol–water partition coefficient (Wildman–Crippen LogP) is 2.80. The lowest BCUT2D eigenvalue weighted by atomic mass is 10.1. The van der Waals surface area contributed by atoms with Gasteiger partial charge in [0.25, 0.3) is 0 Å². The number of halogens is 3. The number of nitrogens with one attached hydrogen (secondary N) is 3. The molecule has 0 aliphatic carbocycles. The lowest BCUT2D eigenvalue weighted by Crippen LogP contribution is -2.39. The Morgan fingerprint density at radius 3 is 2.58 bits per heavy atom. The van der Waals surface area contributed by atoms with Crippen LogP contribution in [0.1, 0.15) is 30.9 Å². The fourth-order valence-electron chi connectivity index (χ4n) is 2.10. The van der Waals surface area contributed by atoms with Gasteiger partial charge >= 0.3 is 6.61 Å². The third-order valence-electron chi connectivity index (χ3n) is 3.32. The van der Waals surface area contributed by atoms with Crippen LogP contribution in [-0.2, 0) is 11.3 Å². The van der Waals surface area contributed by atoms with Gasteiger partial charge in [0.15, 0.2) is 5.96 Å². The predicted molar refractivity (Wildman–Crippen MR) is 109 cm³/mol. The van der Waals surface area contributed by atoms with Crippen LogP contribution in [0, 0.1) is 6.92 Å². The Kier molecular flexibility index (Phi) is 12.7. The summed E-state index contributed by atoms with van der Waals surface area (Å²) in [6.07, 6.45) is 1.22. The van der Waals surface area contributed by atoms with E-state index in [1.807, 2.05) is 13.8 Å². The average Bonchev–Trinajstić information content (AvgIpc) is 2.57. The Morgan fingerprint density at radius 2 is 1.96 bits per heavy atom. The molecule has 1 aromatic rings. The molecule has 0 aromatic heterocycles. The summed E-state index contributed by atoms with van der Waals surface area (Å²) in [5.41, 5.74) is 1.54. The fourth-order valence-corrected chi connectivity index (χ4v) is 2.10. The number of nitrogens with zero attached hydrogens (tertiary/aromatic N) is 1. The molecule has 0 heterocycles. The fraction of sp³-hybridized carbons (Fsp3) is 0.529. The summed E-state index contributed by atoms with van der Waals surface area (Å²) in [7, 11) is 1.60. The van der Waals surface area contributed by atoms with Crippen molar-refractivity contribution in [1.82, 2.24) is 16.0 Å². The monoisotopic (exact) mass is 484 g/mol. The first kappa shape index (κ1) is 24.4. The lowest BCUT2D eigenvalue weighted by molar-refractivity contribution is -0.120. The maximum Gasteiger partial charge on any atom is 0.387 e. The quantitative estimate of drug-likeness (QED) is 0.287. The molecule has 6 nitrogen and oxygen atoms in total. The van der Waals surface area contributed by atoms with Gasteiger partial charge in [-0.15, -0.1) is 24.0 Å². The zero-order chi connectivity index (χ0) is 18.7. The van der Waals surface area contributed by atoms with Crippen molar-refractivity contribution >= 4 is 35.8 Å². The van der Waals surface area contributed by atoms with Gasteiger partial charge in [0.2, 0.25) is 5.91 Å². The van der Waals surface area contributed by atoms with E-state index in [0.717, 1.165) is 12.0 Å². The van der Waals surface area contributed by atoms with Gasteiger partial charge in [-0.3, -0.25) is 9.79 Å². The van der Waals surface area contributed by atoms with Gasteiger partial charge in [0.1, 0.15) is 5.75 Å². The molecule has 0 aliphatic heterocycles. The first-order valence-corrected chi connectivity index (χ1v) is 8.21. The summed E-state index contributed by atoms with van der Waals surface area (Å²) in [5.74, 6) is 0.575. The molecule has 0 saturated heterocycles. The van der Waals surface area contributed by atoms with Crippen LogP contribution in [0.3, 0.4) is 0 Å². The maximum atomic E-state index is 12.5. The van der Waals surface area contributed by atoms with E-state index in [0.29, 0.717) is 31.0 Å². The Balaban J connectivity index is 0.00000625. The van der Waals surface area contributed by atoms with Crippen LogP contribution in [0.5, 0.6) is 5.75 Å². The Morgan fingerprint density at radius 1 is 1.23 bits per heavy atom. The molecule has 9 heteroatoms. The van der Waals surface area contributed by atoms with Gasteiger partial charge in [0, 0.05) is 38.7 Å². The molecule has 0 spiro atoms. The summed E-state index contributed by atoms with van der Waals surface area (Å²) >= 11 is 0. The number of alkyl halides is 2. The summed E-state index contributed by atoms with van der Waals surface area (Å²) in [5, 5.41) is 8.82. The molecule has 1 amide bonds. The number of hydrogen-bond acceptors (Lipinski definition) is 3. The SMILES string of the molecule is CCCNC(=O)CCNC(=NC)NCc1cc(C)ccc1OC(F)F.I. The van der Waals surface area contributed by atoms with E-state index < -0.39 is 6.61 Å². The zero-order valence-corrected chi connectivity index (χ0v) is 17.6. The number of rotatable bonds is 9. The number of amides is 1. The molecule has 0 bridgehead atoms. The van der Waals surface area contributed by atoms with E-state index in [1.54, 1.807) is 19.2 Å². The molecule has 0 aliphatic rings. The number of benzene rings is 1. The standard InChI is InChI=1S/C17H26F2N4O2.HI/c1-4-8-21-15(24)7-9-22-17(20-3)23-11-13-10-12(2)5-6-14(13)25-16(18)19;/h5-6,10,16H,4,7-9,11H2,1-3H3,(H,21,24)(H2,20,22,23);1H. The number of ether oxygens (including phenoxy) is 1. The minimum absolute atomic E-state index is 0. The van der Waals surface area contributed by atoms with Crippen LogP contribution in [0.25, 0.3) is 0 Å².